The van der Waals surface area contributed by atoms with Gasteiger partial charge in [-0.05, 0) is 37.4 Å². The molecule has 0 aromatic heterocycles. The SMILES string of the molecule is NC[C@H]1CCC[C@H]1C(=O)NCCNC(=O)c1ccccc1F. The van der Waals surface area contributed by atoms with Crippen LogP contribution in [0.4, 0.5) is 4.39 Å². The van der Waals surface area contributed by atoms with E-state index in [0.717, 1.165) is 19.3 Å². The van der Waals surface area contributed by atoms with Crippen LogP contribution in [-0.4, -0.2) is 31.4 Å². The molecular formula is C16H22FN3O2. The lowest BCUT2D eigenvalue weighted by Crippen LogP contribution is -2.39. The monoisotopic (exact) mass is 307 g/mol. The number of nitrogens with one attached hydrogen (secondary N) is 2. The molecule has 2 amide bonds. The fourth-order valence-electron chi connectivity index (χ4n) is 2.90. The minimum absolute atomic E-state index is 0.00640. The van der Waals surface area contributed by atoms with Crippen molar-refractivity contribution < 1.29 is 14.0 Å². The minimum Gasteiger partial charge on any atom is -0.354 e. The molecule has 0 saturated heterocycles. The number of hydrogen-bond acceptors (Lipinski definition) is 3. The van der Waals surface area contributed by atoms with Crippen LogP contribution in [0.2, 0.25) is 0 Å². The average Bonchev–Trinajstić information content (AvgIpc) is 3.00. The van der Waals surface area contributed by atoms with Crippen LogP contribution >= 0.6 is 0 Å². The Hall–Kier alpha value is -1.95. The van der Waals surface area contributed by atoms with Gasteiger partial charge in [0.25, 0.3) is 5.91 Å². The van der Waals surface area contributed by atoms with Crippen LogP contribution in [0.15, 0.2) is 24.3 Å². The number of rotatable bonds is 6. The summed E-state index contributed by atoms with van der Waals surface area (Å²) in [4.78, 5) is 23.8. The van der Waals surface area contributed by atoms with Gasteiger partial charge < -0.3 is 16.4 Å². The largest absolute Gasteiger partial charge is 0.354 e. The zero-order chi connectivity index (χ0) is 15.9. The molecule has 5 nitrogen and oxygen atoms in total. The van der Waals surface area contributed by atoms with Crippen LogP contribution in [0.25, 0.3) is 0 Å². The molecule has 6 heteroatoms. The normalized spacial score (nSPS) is 20.6. The molecule has 1 aliphatic rings. The predicted octanol–water partition coefficient (Wildman–Crippen LogP) is 1.05. The Morgan fingerprint density at radius 1 is 1.18 bits per heavy atom. The van der Waals surface area contributed by atoms with Crippen molar-refractivity contribution in [1.82, 2.24) is 10.6 Å². The Bertz CT molecular complexity index is 536. The standard InChI is InChI=1S/C16H22FN3O2/c17-14-7-2-1-5-13(14)16(22)20-9-8-19-15(21)12-6-3-4-11(12)10-18/h1-2,5,7,11-12H,3-4,6,8-10,18H2,(H,19,21)(H,20,22)/t11-,12-/m1/s1. The number of carbonyl (C=O) groups excluding carboxylic acids is 2. The Morgan fingerprint density at radius 3 is 2.64 bits per heavy atom. The first kappa shape index (κ1) is 16.4. The number of halogens is 1. The van der Waals surface area contributed by atoms with Gasteiger partial charge in [0, 0.05) is 19.0 Å². The number of benzene rings is 1. The summed E-state index contributed by atoms with van der Waals surface area (Å²) in [6, 6.07) is 5.80. The lowest BCUT2D eigenvalue weighted by Gasteiger charge is -2.17. The highest BCUT2D eigenvalue weighted by atomic mass is 19.1. The van der Waals surface area contributed by atoms with Crippen LogP contribution in [0.1, 0.15) is 29.6 Å². The van der Waals surface area contributed by atoms with Crippen molar-refractivity contribution in [3.8, 4) is 0 Å². The Balaban J connectivity index is 1.72. The van der Waals surface area contributed by atoms with Crippen LogP contribution in [0.3, 0.4) is 0 Å². The van der Waals surface area contributed by atoms with E-state index >= 15 is 0 Å². The first-order chi connectivity index (χ1) is 10.6. The molecule has 0 aliphatic heterocycles. The first-order valence-electron chi connectivity index (χ1n) is 7.64. The summed E-state index contributed by atoms with van der Waals surface area (Å²) in [6.07, 6.45) is 2.90. The highest BCUT2D eigenvalue weighted by molar-refractivity contribution is 5.94. The van der Waals surface area contributed by atoms with Gasteiger partial charge in [-0.15, -0.1) is 0 Å². The average molecular weight is 307 g/mol. The topological polar surface area (TPSA) is 84.2 Å². The maximum Gasteiger partial charge on any atom is 0.254 e. The van der Waals surface area contributed by atoms with Crippen molar-refractivity contribution in [2.75, 3.05) is 19.6 Å². The quantitative estimate of drug-likeness (QED) is 0.687. The lowest BCUT2D eigenvalue weighted by molar-refractivity contribution is -0.125. The molecule has 1 fully saturated rings. The highest BCUT2D eigenvalue weighted by Crippen LogP contribution is 2.30. The fraction of sp³-hybridized carbons (Fsp3) is 0.500. The number of hydrogen-bond donors (Lipinski definition) is 3. The molecule has 1 aromatic rings. The van der Waals surface area contributed by atoms with E-state index in [9.17, 15) is 14.0 Å². The van der Waals surface area contributed by atoms with Gasteiger partial charge in [0.2, 0.25) is 5.91 Å². The summed E-state index contributed by atoms with van der Waals surface area (Å²) in [6.45, 7) is 1.12. The van der Waals surface area contributed by atoms with Gasteiger partial charge in [0.15, 0.2) is 0 Å². The zero-order valence-electron chi connectivity index (χ0n) is 12.5. The van der Waals surface area contributed by atoms with Gasteiger partial charge in [-0.25, -0.2) is 4.39 Å². The van der Waals surface area contributed by atoms with Crippen molar-refractivity contribution in [2.45, 2.75) is 19.3 Å². The van der Waals surface area contributed by atoms with Crippen LogP contribution in [-0.2, 0) is 4.79 Å². The summed E-state index contributed by atoms with van der Waals surface area (Å²) in [5.74, 6) is -0.804. The maximum absolute atomic E-state index is 13.4. The molecule has 0 unspecified atom stereocenters. The molecule has 0 bridgehead atoms. The molecule has 1 saturated carbocycles. The van der Waals surface area contributed by atoms with Crippen LogP contribution in [0.5, 0.6) is 0 Å². The maximum atomic E-state index is 13.4. The molecule has 22 heavy (non-hydrogen) atoms. The number of carbonyl (C=O) groups is 2. The smallest absolute Gasteiger partial charge is 0.254 e. The summed E-state index contributed by atoms with van der Waals surface area (Å²) in [5, 5.41) is 5.40. The second-order valence-corrected chi connectivity index (χ2v) is 5.56. The lowest BCUT2D eigenvalue weighted by atomic mass is 9.95. The number of nitrogens with two attached hydrogens (primary N) is 1. The van der Waals surface area contributed by atoms with Crippen molar-refractivity contribution in [3.05, 3.63) is 35.6 Å². The zero-order valence-corrected chi connectivity index (χ0v) is 12.5. The summed E-state index contributed by atoms with van der Waals surface area (Å²) < 4.78 is 13.4. The van der Waals surface area contributed by atoms with E-state index in [1.165, 1.54) is 18.2 Å². The second kappa shape index (κ2) is 7.89. The van der Waals surface area contributed by atoms with E-state index in [0.29, 0.717) is 13.1 Å². The number of amides is 2. The van der Waals surface area contributed by atoms with E-state index in [-0.39, 0.29) is 29.9 Å². The van der Waals surface area contributed by atoms with Gasteiger partial charge in [0.05, 0.1) is 5.56 Å². The van der Waals surface area contributed by atoms with Crippen LogP contribution in [0, 0.1) is 17.7 Å². The van der Waals surface area contributed by atoms with E-state index in [2.05, 4.69) is 10.6 Å². The molecule has 2 rings (SSSR count). The predicted molar refractivity (Wildman–Crippen MR) is 81.6 cm³/mol. The molecule has 120 valence electrons. The van der Waals surface area contributed by atoms with Crippen molar-refractivity contribution in [1.29, 1.82) is 0 Å². The minimum atomic E-state index is -0.555. The molecule has 0 radical (unpaired) electrons. The van der Waals surface area contributed by atoms with Crippen molar-refractivity contribution in [3.63, 3.8) is 0 Å². The third kappa shape index (κ3) is 4.04. The second-order valence-electron chi connectivity index (χ2n) is 5.56. The van der Waals surface area contributed by atoms with E-state index in [1.54, 1.807) is 6.07 Å². The molecule has 2 atom stereocenters. The third-order valence-electron chi connectivity index (χ3n) is 4.13. The summed E-state index contributed by atoms with van der Waals surface area (Å²) in [7, 11) is 0. The summed E-state index contributed by atoms with van der Waals surface area (Å²) >= 11 is 0. The molecule has 4 N–H and O–H groups in total. The Morgan fingerprint density at radius 2 is 1.91 bits per heavy atom. The van der Waals surface area contributed by atoms with E-state index in [1.807, 2.05) is 0 Å². The molecule has 1 aliphatic carbocycles. The van der Waals surface area contributed by atoms with Crippen molar-refractivity contribution in [2.24, 2.45) is 17.6 Å². The molecule has 0 heterocycles. The van der Waals surface area contributed by atoms with E-state index in [4.69, 9.17) is 5.73 Å². The van der Waals surface area contributed by atoms with Crippen molar-refractivity contribution >= 4 is 11.8 Å². The first-order valence-corrected chi connectivity index (χ1v) is 7.64. The van der Waals surface area contributed by atoms with Crippen LogP contribution < -0.4 is 16.4 Å². The van der Waals surface area contributed by atoms with Gasteiger partial charge >= 0.3 is 0 Å². The molecule has 1 aromatic carbocycles. The Labute approximate surface area is 129 Å². The summed E-state index contributed by atoms with van der Waals surface area (Å²) in [5.41, 5.74) is 5.67. The van der Waals surface area contributed by atoms with E-state index < -0.39 is 11.7 Å². The van der Waals surface area contributed by atoms with Gasteiger partial charge in [-0.2, -0.15) is 0 Å². The van der Waals surface area contributed by atoms with Gasteiger partial charge in [-0.1, -0.05) is 18.6 Å². The van der Waals surface area contributed by atoms with Gasteiger partial charge in [-0.3, -0.25) is 9.59 Å². The fourth-order valence-corrected chi connectivity index (χ4v) is 2.90. The molecule has 0 spiro atoms. The highest BCUT2D eigenvalue weighted by Gasteiger charge is 2.31. The Kier molecular flexibility index (Phi) is 5.89. The molecular weight excluding hydrogens is 285 g/mol. The van der Waals surface area contributed by atoms with Gasteiger partial charge in [0.1, 0.15) is 5.82 Å². The third-order valence-corrected chi connectivity index (χ3v) is 4.13.